The number of ether oxygens (including phenoxy) is 1. The van der Waals surface area contributed by atoms with Gasteiger partial charge in [0.05, 0.1) is 30.7 Å². The van der Waals surface area contributed by atoms with Gasteiger partial charge in [0.1, 0.15) is 5.75 Å². The van der Waals surface area contributed by atoms with E-state index in [2.05, 4.69) is 28.3 Å². The second kappa shape index (κ2) is 5.80. The van der Waals surface area contributed by atoms with Crippen LogP contribution in [0.2, 0.25) is 0 Å². The Balaban J connectivity index is 2.39. The van der Waals surface area contributed by atoms with E-state index in [0.29, 0.717) is 0 Å². The molecule has 1 aromatic heterocycles. The van der Waals surface area contributed by atoms with E-state index in [1.54, 1.807) is 13.3 Å². The molecule has 2 aromatic rings. The Morgan fingerprint density at radius 3 is 2.47 bits per heavy atom. The van der Waals surface area contributed by atoms with Crippen LogP contribution in [0, 0.1) is 13.8 Å². The second-order valence-corrected chi connectivity index (χ2v) is 4.53. The van der Waals surface area contributed by atoms with E-state index in [4.69, 9.17) is 4.74 Å². The molecule has 1 N–H and O–H groups in total. The van der Waals surface area contributed by atoms with Crippen LogP contribution in [0.5, 0.6) is 5.75 Å². The van der Waals surface area contributed by atoms with Crippen LogP contribution in [0.1, 0.15) is 28.6 Å². The van der Waals surface area contributed by atoms with Crippen LogP contribution >= 0.6 is 0 Å². The standard InChI is InChI=1S/C15H19N3O/c1-10-7-12(19-4)5-6-13(10)15(16-3)14-9-17-11(2)8-18-14/h5-9,15-16H,1-4H3. The second-order valence-electron chi connectivity index (χ2n) is 4.53. The number of methoxy groups -OCH3 is 1. The molecule has 0 spiro atoms. The van der Waals surface area contributed by atoms with Gasteiger partial charge in [-0.05, 0) is 44.2 Å². The molecule has 0 aliphatic carbocycles. The molecule has 1 aromatic carbocycles. The summed E-state index contributed by atoms with van der Waals surface area (Å²) in [6.45, 7) is 4.01. The third-order valence-corrected chi connectivity index (χ3v) is 3.17. The number of hydrogen-bond donors (Lipinski definition) is 1. The molecule has 19 heavy (non-hydrogen) atoms. The van der Waals surface area contributed by atoms with Crippen LogP contribution in [0.25, 0.3) is 0 Å². The average molecular weight is 257 g/mol. The molecule has 0 saturated carbocycles. The quantitative estimate of drug-likeness (QED) is 0.913. The minimum absolute atomic E-state index is 0.0407. The van der Waals surface area contributed by atoms with Gasteiger partial charge in [0.15, 0.2) is 0 Å². The highest BCUT2D eigenvalue weighted by Gasteiger charge is 2.16. The number of aromatic nitrogens is 2. The number of aryl methyl sites for hydroxylation is 2. The summed E-state index contributed by atoms with van der Waals surface area (Å²) in [7, 11) is 3.60. The summed E-state index contributed by atoms with van der Waals surface area (Å²) in [6.07, 6.45) is 3.61. The van der Waals surface area contributed by atoms with Crippen LogP contribution in [0.15, 0.2) is 30.6 Å². The Morgan fingerprint density at radius 1 is 1.16 bits per heavy atom. The first-order chi connectivity index (χ1) is 9.15. The van der Waals surface area contributed by atoms with E-state index in [0.717, 1.165) is 17.1 Å². The van der Waals surface area contributed by atoms with Crippen molar-refractivity contribution in [1.82, 2.24) is 15.3 Å². The Hall–Kier alpha value is -1.94. The summed E-state index contributed by atoms with van der Waals surface area (Å²) in [5, 5.41) is 3.29. The SMILES string of the molecule is CNC(c1cnc(C)cn1)c1ccc(OC)cc1C. The monoisotopic (exact) mass is 257 g/mol. The maximum absolute atomic E-state index is 5.24. The van der Waals surface area contributed by atoms with Crippen molar-refractivity contribution in [3.05, 3.63) is 53.1 Å². The lowest BCUT2D eigenvalue weighted by atomic mass is 9.99. The van der Waals surface area contributed by atoms with Crippen LogP contribution in [-0.2, 0) is 0 Å². The summed E-state index contributed by atoms with van der Waals surface area (Å²) < 4.78 is 5.24. The Kier molecular flexibility index (Phi) is 4.12. The van der Waals surface area contributed by atoms with Gasteiger partial charge in [-0.3, -0.25) is 9.97 Å². The Labute approximate surface area is 113 Å². The van der Waals surface area contributed by atoms with Crippen LogP contribution in [0.3, 0.4) is 0 Å². The summed E-state index contributed by atoms with van der Waals surface area (Å²) >= 11 is 0. The van der Waals surface area contributed by atoms with Gasteiger partial charge < -0.3 is 10.1 Å². The molecular weight excluding hydrogens is 238 g/mol. The molecule has 0 bridgehead atoms. The fourth-order valence-corrected chi connectivity index (χ4v) is 2.11. The van der Waals surface area contributed by atoms with Crippen LogP contribution in [-0.4, -0.2) is 24.1 Å². The fourth-order valence-electron chi connectivity index (χ4n) is 2.11. The van der Waals surface area contributed by atoms with Crippen molar-refractivity contribution in [2.45, 2.75) is 19.9 Å². The zero-order valence-corrected chi connectivity index (χ0v) is 11.8. The minimum atomic E-state index is 0.0407. The minimum Gasteiger partial charge on any atom is -0.497 e. The molecule has 2 rings (SSSR count). The number of benzene rings is 1. The molecule has 1 atom stereocenters. The lowest BCUT2D eigenvalue weighted by Gasteiger charge is -2.18. The summed E-state index contributed by atoms with van der Waals surface area (Å²) in [6, 6.07) is 6.10. The van der Waals surface area contributed by atoms with Crippen molar-refractivity contribution in [1.29, 1.82) is 0 Å². The average Bonchev–Trinajstić information content (AvgIpc) is 2.43. The highest BCUT2D eigenvalue weighted by molar-refractivity contribution is 5.39. The highest BCUT2D eigenvalue weighted by atomic mass is 16.5. The molecule has 0 fully saturated rings. The van der Waals surface area contributed by atoms with Gasteiger partial charge in [0, 0.05) is 6.20 Å². The first-order valence-corrected chi connectivity index (χ1v) is 6.26. The van der Waals surface area contributed by atoms with Gasteiger partial charge in [0.2, 0.25) is 0 Å². The predicted octanol–water partition coefficient (Wildman–Crippen LogP) is 2.41. The number of nitrogens with one attached hydrogen (secondary N) is 1. The molecule has 100 valence electrons. The van der Waals surface area contributed by atoms with Crippen molar-refractivity contribution < 1.29 is 4.74 Å². The molecular formula is C15H19N3O. The normalized spacial score (nSPS) is 12.2. The van der Waals surface area contributed by atoms with Gasteiger partial charge in [-0.15, -0.1) is 0 Å². The lowest BCUT2D eigenvalue weighted by molar-refractivity contribution is 0.414. The predicted molar refractivity (Wildman–Crippen MR) is 75.4 cm³/mol. The molecule has 0 saturated heterocycles. The Morgan fingerprint density at radius 2 is 1.95 bits per heavy atom. The van der Waals surface area contributed by atoms with Crippen molar-refractivity contribution in [3.8, 4) is 5.75 Å². The van der Waals surface area contributed by atoms with Gasteiger partial charge in [-0.1, -0.05) is 6.07 Å². The van der Waals surface area contributed by atoms with Crippen LogP contribution in [0.4, 0.5) is 0 Å². The maximum atomic E-state index is 5.24. The van der Waals surface area contributed by atoms with Crippen molar-refractivity contribution in [3.63, 3.8) is 0 Å². The topological polar surface area (TPSA) is 47.0 Å². The van der Waals surface area contributed by atoms with Crippen molar-refractivity contribution >= 4 is 0 Å². The maximum Gasteiger partial charge on any atom is 0.119 e. The first kappa shape index (κ1) is 13.5. The molecule has 0 aliphatic rings. The molecule has 0 radical (unpaired) electrons. The molecule has 0 amide bonds. The fraction of sp³-hybridized carbons (Fsp3) is 0.333. The number of nitrogens with zero attached hydrogens (tertiary/aromatic N) is 2. The van der Waals surface area contributed by atoms with E-state index >= 15 is 0 Å². The Bertz CT molecular complexity index is 552. The zero-order valence-electron chi connectivity index (χ0n) is 11.8. The molecule has 1 unspecified atom stereocenters. The van der Waals surface area contributed by atoms with Crippen molar-refractivity contribution in [2.24, 2.45) is 0 Å². The highest BCUT2D eigenvalue weighted by Crippen LogP contribution is 2.26. The van der Waals surface area contributed by atoms with Gasteiger partial charge >= 0.3 is 0 Å². The summed E-state index contributed by atoms with van der Waals surface area (Å²) in [4.78, 5) is 8.76. The van der Waals surface area contributed by atoms with E-state index in [-0.39, 0.29) is 6.04 Å². The third kappa shape index (κ3) is 2.90. The smallest absolute Gasteiger partial charge is 0.119 e. The van der Waals surface area contributed by atoms with Crippen LogP contribution < -0.4 is 10.1 Å². The zero-order chi connectivity index (χ0) is 13.8. The summed E-state index contributed by atoms with van der Waals surface area (Å²) in [5.41, 5.74) is 4.19. The number of rotatable bonds is 4. The molecule has 4 nitrogen and oxygen atoms in total. The van der Waals surface area contributed by atoms with Gasteiger partial charge in [0.25, 0.3) is 0 Å². The van der Waals surface area contributed by atoms with E-state index in [1.807, 2.05) is 32.3 Å². The molecule has 4 heteroatoms. The largest absolute Gasteiger partial charge is 0.497 e. The lowest BCUT2D eigenvalue weighted by Crippen LogP contribution is -2.20. The van der Waals surface area contributed by atoms with Crippen molar-refractivity contribution in [2.75, 3.05) is 14.2 Å². The molecule has 0 aliphatic heterocycles. The van der Waals surface area contributed by atoms with E-state index < -0.39 is 0 Å². The summed E-state index contributed by atoms with van der Waals surface area (Å²) in [5.74, 6) is 0.867. The first-order valence-electron chi connectivity index (χ1n) is 6.26. The van der Waals surface area contributed by atoms with E-state index in [1.165, 1.54) is 11.1 Å². The molecule has 1 heterocycles. The number of hydrogen-bond acceptors (Lipinski definition) is 4. The van der Waals surface area contributed by atoms with Gasteiger partial charge in [-0.2, -0.15) is 0 Å². The third-order valence-electron chi connectivity index (χ3n) is 3.17. The van der Waals surface area contributed by atoms with E-state index in [9.17, 15) is 0 Å². The van der Waals surface area contributed by atoms with Gasteiger partial charge in [-0.25, -0.2) is 0 Å².